The molecule has 0 aliphatic rings. The van der Waals surface area contributed by atoms with Crippen LogP contribution in [0, 0.1) is 0 Å². The minimum Gasteiger partial charge on any atom is -0.378 e. The summed E-state index contributed by atoms with van der Waals surface area (Å²) in [5.41, 5.74) is 2.10. The maximum atomic E-state index is 5.96. The fraction of sp³-hybridized carbons (Fsp3) is 0.167. The molecule has 5 heteroatoms. The molecule has 0 amide bonds. The summed E-state index contributed by atoms with van der Waals surface area (Å²) in [6.07, 6.45) is 0. The number of halogens is 3. The van der Waals surface area contributed by atoms with Crippen molar-refractivity contribution in [3.8, 4) is 0 Å². The molecule has 1 atom stereocenters. The molecule has 0 saturated carbocycles. The van der Waals surface area contributed by atoms with Gasteiger partial charge in [-0.05, 0) is 42.1 Å². The molecule has 90 valence electrons. The monoisotopic (exact) mass is 305 g/mol. The van der Waals surface area contributed by atoms with Crippen molar-refractivity contribution in [1.82, 2.24) is 0 Å². The minimum atomic E-state index is 0.177. The van der Waals surface area contributed by atoms with Crippen molar-refractivity contribution in [2.45, 2.75) is 13.0 Å². The number of thiophene rings is 1. The Morgan fingerprint density at radius 2 is 1.88 bits per heavy atom. The number of hydrogen-bond donors (Lipinski definition) is 1. The molecule has 1 N–H and O–H groups in total. The van der Waals surface area contributed by atoms with Crippen LogP contribution in [0.25, 0.3) is 0 Å². The van der Waals surface area contributed by atoms with E-state index in [2.05, 4.69) is 12.2 Å². The van der Waals surface area contributed by atoms with E-state index in [1.54, 1.807) is 6.07 Å². The van der Waals surface area contributed by atoms with Crippen molar-refractivity contribution >= 4 is 51.8 Å². The molecular weight excluding hydrogens is 297 g/mol. The van der Waals surface area contributed by atoms with Gasteiger partial charge in [0, 0.05) is 11.7 Å². The van der Waals surface area contributed by atoms with Crippen LogP contribution in [0.5, 0.6) is 0 Å². The third-order valence-electron chi connectivity index (χ3n) is 2.39. The minimum absolute atomic E-state index is 0.177. The van der Waals surface area contributed by atoms with Crippen molar-refractivity contribution in [3.63, 3.8) is 0 Å². The Morgan fingerprint density at radius 1 is 1.12 bits per heavy atom. The molecule has 0 fully saturated rings. The highest BCUT2D eigenvalue weighted by molar-refractivity contribution is 7.14. The SMILES string of the molecule is CC(Nc1ccc(Cl)c(Cl)c1)c1csc(Cl)c1. The molecule has 0 radical (unpaired) electrons. The fourth-order valence-corrected chi connectivity index (χ4v) is 2.75. The van der Waals surface area contributed by atoms with E-state index in [0.717, 1.165) is 15.6 Å². The molecule has 0 aliphatic heterocycles. The zero-order valence-electron chi connectivity index (χ0n) is 9.01. The topological polar surface area (TPSA) is 12.0 Å². The van der Waals surface area contributed by atoms with Crippen molar-refractivity contribution < 1.29 is 0 Å². The number of benzene rings is 1. The van der Waals surface area contributed by atoms with E-state index in [4.69, 9.17) is 34.8 Å². The molecule has 1 heterocycles. The highest BCUT2D eigenvalue weighted by Crippen LogP contribution is 2.29. The summed E-state index contributed by atoms with van der Waals surface area (Å²) < 4.78 is 0.794. The molecule has 17 heavy (non-hydrogen) atoms. The Hall–Kier alpha value is -0.410. The van der Waals surface area contributed by atoms with E-state index in [-0.39, 0.29) is 6.04 Å². The van der Waals surface area contributed by atoms with Gasteiger partial charge in [0.1, 0.15) is 0 Å². The van der Waals surface area contributed by atoms with Gasteiger partial charge < -0.3 is 5.32 Å². The van der Waals surface area contributed by atoms with Crippen LogP contribution < -0.4 is 5.32 Å². The van der Waals surface area contributed by atoms with Crippen LogP contribution in [0.1, 0.15) is 18.5 Å². The summed E-state index contributed by atoms with van der Waals surface area (Å²) in [4.78, 5) is 0. The predicted molar refractivity (Wildman–Crippen MR) is 77.8 cm³/mol. The van der Waals surface area contributed by atoms with E-state index in [1.165, 1.54) is 11.3 Å². The normalized spacial score (nSPS) is 12.5. The van der Waals surface area contributed by atoms with Crippen LogP contribution in [0.3, 0.4) is 0 Å². The highest BCUT2D eigenvalue weighted by Gasteiger charge is 2.08. The summed E-state index contributed by atoms with van der Waals surface area (Å²) in [5, 5.41) is 6.49. The second-order valence-corrected chi connectivity index (χ2v) is 6.04. The van der Waals surface area contributed by atoms with Gasteiger partial charge in [0.15, 0.2) is 0 Å². The van der Waals surface area contributed by atoms with Crippen LogP contribution in [0.4, 0.5) is 5.69 Å². The lowest BCUT2D eigenvalue weighted by Crippen LogP contribution is -2.05. The van der Waals surface area contributed by atoms with Gasteiger partial charge in [-0.3, -0.25) is 0 Å². The first-order valence-corrected chi connectivity index (χ1v) is 7.03. The average molecular weight is 307 g/mol. The summed E-state index contributed by atoms with van der Waals surface area (Å²) in [6, 6.07) is 7.63. The summed E-state index contributed by atoms with van der Waals surface area (Å²) in [6.45, 7) is 2.07. The lowest BCUT2D eigenvalue weighted by atomic mass is 10.1. The maximum Gasteiger partial charge on any atom is 0.0931 e. The van der Waals surface area contributed by atoms with Crippen LogP contribution >= 0.6 is 46.1 Å². The van der Waals surface area contributed by atoms with E-state index in [9.17, 15) is 0 Å². The number of rotatable bonds is 3. The van der Waals surface area contributed by atoms with Crippen molar-refractivity contribution in [3.05, 3.63) is 49.6 Å². The van der Waals surface area contributed by atoms with Gasteiger partial charge >= 0.3 is 0 Å². The Balaban J connectivity index is 2.12. The standard InChI is InChI=1S/C12H10Cl3NS/c1-7(8-4-12(15)17-6-8)16-9-2-3-10(13)11(14)5-9/h2-7,16H,1H3. The first-order chi connectivity index (χ1) is 8.06. The molecule has 1 nitrogen and oxygen atoms in total. The molecule has 1 aromatic heterocycles. The quantitative estimate of drug-likeness (QED) is 0.746. The van der Waals surface area contributed by atoms with Gasteiger partial charge in [-0.25, -0.2) is 0 Å². The molecule has 0 spiro atoms. The van der Waals surface area contributed by atoms with Gasteiger partial charge in [-0.1, -0.05) is 34.8 Å². The second-order valence-electron chi connectivity index (χ2n) is 3.68. The fourth-order valence-electron chi connectivity index (χ4n) is 1.47. The molecule has 0 bridgehead atoms. The van der Waals surface area contributed by atoms with Crippen LogP contribution in [-0.2, 0) is 0 Å². The van der Waals surface area contributed by atoms with Crippen molar-refractivity contribution in [2.24, 2.45) is 0 Å². The molecule has 2 aromatic rings. The Labute approximate surface area is 119 Å². The Bertz CT molecular complexity index is 524. The largest absolute Gasteiger partial charge is 0.378 e. The molecule has 0 aliphatic carbocycles. The Morgan fingerprint density at radius 3 is 2.47 bits per heavy atom. The van der Waals surface area contributed by atoms with Crippen LogP contribution in [0.2, 0.25) is 14.4 Å². The van der Waals surface area contributed by atoms with E-state index >= 15 is 0 Å². The third kappa shape index (κ3) is 3.29. The molecule has 1 unspecified atom stereocenters. The van der Waals surface area contributed by atoms with Gasteiger partial charge in [-0.2, -0.15) is 0 Å². The second kappa shape index (κ2) is 5.49. The average Bonchev–Trinajstić information content (AvgIpc) is 2.70. The molecule has 1 aromatic carbocycles. The molecule has 0 saturated heterocycles. The zero-order chi connectivity index (χ0) is 12.4. The number of hydrogen-bond acceptors (Lipinski definition) is 2. The third-order valence-corrected chi connectivity index (χ3v) is 4.24. The number of anilines is 1. The highest BCUT2D eigenvalue weighted by atomic mass is 35.5. The summed E-state index contributed by atoms with van der Waals surface area (Å²) in [5.74, 6) is 0. The zero-order valence-corrected chi connectivity index (χ0v) is 12.1. The lowest BCUT2D eigenvalue weighted by molar-refractivity contribution is 0.891. The van der Waals surface area contributed by atoms with Gasteiger partial charge in [-0.15, -0.1) is 11.3 Å². The van der Waals surface area contributed by atoms with Crippen molar-refractivity contribution in [1.29, 1.82) is 0 Å². The number of nitrogens with one attached hydrogen (secondary N) is 1. The smallest absolute Gasteiger partial charge is 0.0931 e. The van der Waals surface area contributed by atoms with E-state index in [1.807, 2.05) is 23.6 Å². The van der Waals surface area contributed by atoms with E-state index < -0.39 is 0 Å². The van der Waals surface area contributed by atoms with Gasteiger partial charge in [0.2, 0.25) is 0 Å². The van der Waals surface area contributed by atoms with Gasteiger partial charge in [0.25, 0.3) is 0 Å². The van der Waals surface area contributed by atoms with Gasteiger partial charge in [0.05, 0.1) is 14.4 Å². The van der Waals surface area contributed by atoms with Crippen molar-refractivity contribution in [2.75, 3.05) is 5.32 Å². The summed E-state index contributed by atoms with van der Waals surface area (Å²) >= 11 is 19.3. The summed E-state index contributed by atoms with van der Waals surface area (Å²) in [7, 11) is 0. The van der Waals surface area contributed by atoms with Crippen LogP contribution in [0.15, 0.2) is 29.6 Å². The first kappa shape index (κ1) is 13.0. The first-order valence-electron chi connectivity index (χ1n) is 5.02. The van der Waals surface area contributed by atoms with Crippen LogP contribution in [-0.4, -0.2) is 0 Å². The van der Waals surface area contributed by atoms with E-state index in [0.29, 0.717) is 10.0 Å². The molecule has 2 rings (SSSR count). The maximum absolute atomic E-state index is 5.96. The molecular formula is C12H10Cl3NS. The Kier molecular flexibility index (Phi) is 4.21. The lowest BCUT2D eigenvalue weighted by Gasteiger charge is -2.14. The predicted octanol–water partition coefficient (Wildman–Crippen LogP) is 5.88.